The smallest absolute Gasteiger partial charge is 0.177 e. The van der Waals surface area contributed by atoms with E-state index in [0.29, 0.717) is 16.1 Å². The predicted octanol–water partition coefficient (Wildman–Crippen LogP) is 3.01. The number of halogens is 1. The molecule has 0 unspecified atom stereocenters. The van der Waals surface area contributed by atoms with Gasteiger partial charge in [-0.3, -0.25) is 10.4 Å². The third kappa shape index (κ3) is 2.62. The van der Waals surface area contributed by atoms with Gasteiger partial charge in [0.15, 0.2) is 5.17 Å². The topological polar surface area (TPSA) is 36.8 Å². The molecule has 1 aliphatic heterocycles. The molecule has 0 bridgehead atoms. The van der Waals surface area contributed by atoms with E-state index in [2.05, 4.69) is 31.4 Å². The Bertz CT molecular complexity index is 474. The van der Waals surface area contributed by atoms with E-state index in [1.54, 1.807) is 11.8 Å². The standard InChI is InChI=1S/C13H14BrN3S/c14-10-6-7-11-12(10)18-13(16-11)17-15-8-9-4-2-1-3-5-9/h1-5,8,10-12H,6-7H2,(H,16,17)/b15-8-/t10-,11-,12-/m1/s1. The van der Waals surface area contributed by atoms with E-state index in [-0.39, 0.29) is 0 Å². The third-order valence-corrected chi connectivity index (χ3v) is 5.89. The van der Waals surface area contributed by atoms with Crippen LogP contribution in [0.25, 0.3) is 0 Å². The number of benzene rings is 1. The summed E-state index contributed by atoms with van der Waals surface area (Å²) in [7, 11) is 0. The van der Waals surface area contributed by atoms with E-state index < -0.39 is 0 Å². The van der Waals surface area contributed by atoms with E-state index in [9.17, 15) is 0 Å². The molecule has 1 aliphatic carbocycles. The van der Waals surface area contributed by atoms with Gasteiger partial charge in [-0.2, -0.15) is 5.10 Å². The highest BCUT2D eigenvalue weighted by atomic mass is 79.9. The Labute approximate surface area is 119 Å². The van der Waals surface area contributed by atoms with Gasteiger partial charge < -0.3 is 0 Å². The van der Waals surface area contributed by atoms with E-state index in [0.717, 1.165) is 10.7 Å². The van der Waals surface area contributed by atoms with Crippen LogP contribution in [0, 0.1) is 0 Å². The van der Waals surface area contributed by atoms with Crippen molar-refractivity contribution < 1.29 is 0 Å². The Morgan fingerprint density at radius 1 is 1.33 bits per heavy atom. The Balaban J connectivity index is 1.57. The van der Waals surface area contributed by atoms with Crippen molar-refractivity contribution in [2.75, 3.05) is 0 Å². The second-order valence-corrected chi connectivity index (χ2v) is 6.80. The largest absolute Gasteiger partial charge is 0.257 e. The van der Waals surface area contributed by atoms with Crippen LogP contribution >= 0.6 is 27.7 Å². The number of hydrazone groups is 1. The van der Waals surface area contributed by atoms with Crippen LogP contribution in [0.2, 0.25) is 0 Å². The lowest BCUT2D eigenvalue weighted by Gasteiger charge is -2.09. The molecule has 0 spiro atoms. The first-order valence-electron chi connectivity index (χ1n) is 6.05. The van der Waals surface area contributed by atoms with Gasteiger partial charge in [0.05, 0.1) is 12.3 Å². The minimum atomic E-state index is 0.466. The summed E-state index contributed by atoms with van der Waals surface area (Å²) in [6, 6.07) is 10.5. The molecule has 1 fully saturated rings. The lowest BCUT2D eigenvalue weighted by Crippen LogP contribution is -2.17. The number of rotatable bonds is 2. The summed E-state index contributed by atoms with van der Waals surface area (Å²) in [5, 5.41) is 5.76. The summed E-state index contributed by atoms with van der Waals surface area (Å²) >= 11 is 5.52. The molecule has 3 rings (SSSR count). The summed E-state index contributed by atoms with van der Waals surface area (Å²) in [5.74, 6) is 0. The van der Waals surface area contributed by atoms with Crippen molar-refractivity contribution in [3.8, 4) is 0 Å². The number of aliphatic imine (C=N–C) groups is 1. The lowest BCUT2D eigenvalue weighted by atomic mass is 10.2. The number of nitrogens with one attached hydrogen (secondary N) is 1. The average Bonchev–Trinajstić information content (AvgIpc) is 2.94. The van der Waals surface area contributed by atoms with Crippen molar-refractivity contribution >= 4 is 39.1 Å². The zero-order valence-electron chi connectivity index (χ0n) is 9.79. The second-order valence-electron chi connectivity index (χ2n) is 4.46. The third-order valence-electron chi connectivity index (χ3n) is 3.18. The molecule has 94 valence electrons. The molecule has 3 nitrogen and oxygen atoms in total. The maximum absolute atomic E-state index is 4.66. The molecule has 3 atom stereocenters. The fourth-order valence-corrected chi connectivity index (χ4v) is 4.39. The van der Waals surface area contributed by atoms with Crippen LogP contribution in [0.15, 0.2) is 40.4 Å². The minimum absolute atomic E-state index is 0.466. The Morgan fingerprint density at radius 3 is 2.94 bits per heavy atom. The van der Waals surface area contributed by atoms with Gasteiger partial charge in [-0.15, -0.1) is 0 Å². The molecular weight excluding hydrogens is 310 g/mol. The molecule has 0 amide bonds. The van der Waals surface area contributed by atoms with Gasteiger partial charge in [0.2, 0.25) is 0 Å². The van der Waals surface area contributed by atoms with Crippen LogP contribution in [0.5, 0.6) is 0 Å². The van der Waals surface area contributed by atoms with Crippen LogP contribution in [-0.2, 0) is 0 Å². The number of fused-ring (bicyclic) bond motifs is 1. The number of nitrogens with zero attached hydrogens (tertiary/aromatic N) is 2. The molecule has 0 aromatic heterocycles. The summed E-state index contributed by atoms with van der Waals surface area (Å²) in [5.41, 5.74) is 4.13. The van der Waals surface area contributed by atoms with Crippen LogP contribution < -0.4 is 5.43 Å². The van der Waals surface area contributed by atoms with Crippen LogP contribution in [0.1, 0.15) is 18.4 Å². The quantitative estimate of drug-likeness (QED) is 0.516. The van der Waals surface area contributed by atoms with Crippen molar-refractivity contribution in [1.29, 1.82) is 0 Å². The van der Waals surface area contributed by atoms with E-state index >= 15 is 0 Å². The molecule has 0 radical (unpaired) electrons. The zero-order chi connectivity index (χ0) is 12.4. The molecule has 18 heavy (non-hydrogen) atoms. The fourth-order valence-electron chi connectivity index (χ4n) is 2.26. The number of hydrogen-bond acceptors (Lipinski definition) is 4. The lowest BCUT2D eigenvalue weighted by molar-refractivity contribution is 0.729. The van der Waals surface area contributed by atoms with Crippen molar-refractivity contribution in [2.45, 2.75) is 29.0 Å². The molecule has 5 heteroatoms. The first-order valence-corrected chi connectivity index (χ1v) is 7.85. The highest BCUT2D eigenvalue weighted by molar-refractivity contribution is 9.09. The highest BCUT2D eigenvalue weighted by Gasteiger charge is 2.40. The number of alkyl halides is 1. The van der Waals surface area contributed by atoms with Crippen LogP contribution in [-0.4, -0.2) is 27.5 Å². The maximum Gasteiger partial charge on any atom is 0.177 e. The molecule has 1 heterocycles. The summed E-state index contributed by atoms with van der Waals surface area (Å²) in [6.45, 7) is 0. The minimum Gasteiger partial charge on any atom is -0.257 e. The van der Waals surface area contributed by atoms with Gasteiger partial charge in [0, 0.05) is 10.1 Å². The number of thioether (sulfide) groups is 1. The predicted molar refractivity (Wildman–Crippen MR) is 81.7 cm³/mol. The average molecular weight is 324 g/mol. The van der Waals surface area contributed by atoms with Gasteiger partial charge in [-0.05, 0) is 18.4 Å². The van der Waals surface area contributed by atoms with Gasteiger partial charge >= 0.3 is 0 Å². The van der Waals surface area contributed by atoms with Gasteiger partial charge in [-0.25, -0.2) is 0 Å². The summed E-state index contributed by atoms with van der Waals surface area (Å²) in [4.78, 5) is 5.25. The molecular formula is C13H14BrN3S. The Hall–Kier alpha value is -0.810. The summed E-state index contributed by atoms with van der Waals surface area (Å²) in [6.07, 6.45) is 4.23. The van der Waals surface area contributed by atoms with Crippen LogP contribution in [0.4, 0.5) is 0 Å². The highest BCUT2D eigenvalue weighted by Crippen LogP contribution is 2.41. The van der Waals surface area contributed by atoms with Crippen LogP contribution in [0.3, 0.4) is 0 Å². The molecule has 1 saturated carbocycles. The van der Waals surface area contributed by atoms with Gasteiger partial charge in [0.25, 0.3) is 0 Å². The number of hydrogen-bond donors (Lipinski definition) is 1. The molecule has 1 aromatic carbocycles. The van der Waals surface area contributed by atoms with Crippen molar-refractivity contribution in [2.24, 2.45) is 10.1 Å². The number of amidine groups is 1. The molecule has 1 aromatic rings. The second kappa shape index (κ2) is 5.45. The van der Waals surface area contributed by atoms with Gasteiger partial charge in [-0.1, -0.05) is 58.0 Å². The monoisotopic (exact) mass is 323 g/mol. The fraction of sp³-hybridized carbons (Fsp3) is 0.385. The maximum atomic E-state index is 4.66. The van der Waals surface area contributed by atoms with Crippen molar-refractivity contribution in [1.82, 2.24) is 5.43 Å². The first kappa shape index (κ1) is 12.2. The normalized spacial score (nSPS) is 30.5. The molecule has 1 N–H and O–H groups in total. The van der Waals surface area contributed by atoms with Crippen molar-refractivity contribution in [3.63, 3.8) is 0 Å². The van der Waals surface area contributed by atoms with E-state index in [4.69, 9.17) is 0 Å². The zero-order valence-corrected chi connectivity index (χ0v) is 12.2. The van der Waals surface area contributed by atoms with Crippen molar-refractivity contribution in [3.05, 3.63) is 35.9 Å². The van der Waals surface area contributed by atoms with E-state index in [1.807, 2.05) is 36.5 Å². The summed E-state index contributed by atoms with van der Waals surface area (Å²) < 4.78 is 0. The Morgan fingerprint density at radius 2 is 2.17 bits per heavy atom. The van der Waals surface area contributed by atoms with Gasteiger partial charge in [0.1, 0.15) is 0 Å². The molecule has 2 aliphatic rings. The first-order chi connectivity index (χ1) is 8.83. The molecule has 0 saturated heterocycles. The SMILES string of the molecule is Br[C@@H]1CC[C@H]2N=C(N/N=C\c3ccccc3)S[C@H]12. The Kier molecular flexibility index (Phi) is 3.70. The van der Waals surface area contributed by atoms with E-state index in [1.165, 1.54) is 12.8 Å².